The van der Waals surface area contributed by atoms with E-state index < -0.39 is 0 Å². The lowest BCUT2D eigenvalue weighted by molar-refractivity contribution is 0.404. The number of hydrogen-bond donors (Lipinski definition) is 3. The van der Waals surface area contributed by atoms with Gasteiger partial charge in [0.25, 0.3) is 0 Å². The third-order valence-electron chi connectivity index (χ3n) is 3.46. The predicted octanol–water partition coefficient (Wildman–Crippen LogP) is 3.04. The lowest BCUT2D eigenvalue weighted by atomic mass is 10.2. The second kappa shape index (κ2) is 5.42. The first-order valence-corrected chi connectivity index (χ1v) is 7.73. The Hall–Kier alpha value is -1.59. The molecular formula is C15H18N2O2S. The highest BCUT2D eigenvalue weighted by Crippen LogP contribution is 2.34. The summed E-state index contributed by atoms with van der Waals surface area (Å²) in [5.74, 6) is -0.204. The minimum atomic E-state index is -0.103. The third kappa shape index (κ3) is 2.78. The Balaban J connectivity index is 1.86. The van der Waals surface area contributed by atoms with E-state index in [4.69, 9.17) is 0 Å². The van der Waals surface area contributed by atoms with Crippen molar-refractivity contribution in [2.24, 2.45) is 0 Å². The van der Waals surface area contributed by atoms with E-state index in [0.29, 0.717) is 6.04 Å². The quantitative estimate of drug-likeness (QED) is 0.741. The van der Waals surface area contributed by atoms with Crippen LogP contribution in [0, 0.1) is 0 Å². The highest BCUT2D eigenvalue weighted by Gasteiger charge is 2.21. The van der Waals surface area contributed by atoms with E-state index in [1.54, 1.807) is 23.5 Å². The molecule has 106 valence electrons. The van der Waals surface area contributed by atoms with E-state index >= 15 is 0 Å². The number of nitrogens with zero attached hydrogens (tertiary/aromatic N) is 1. The number of phenols is 2. The van der Waals surface area contributed by atoms with E-state index in [1.165, 1.54) is 23.8 Å². The van der Waals surface area contributed by atoms with E-state index in [2.05, 4.69) is 17.2 Å². The lowest BCUT2D eigenvalue weighted by Crippen LogP contribution is -2.15. The number of benzene rings is 1. The average molecular weight is 290 g/mol. The van der Waals surface area contributed by atoms with Crippen LogP contribution in [0.15, 0.2) is 18.2 Å². The van der Waals surface area contributed by atoms with Gasteiger partial charge < -0.3 is 15.5 Å². The van der Waals surface area contributed by atoms with Gasteiger partial charge >= 0.3 is 0 Å². The Morgan fingerprint density at radius 3 is 2.75 bits per heavy atom. The average Bonchev–Trinajstić information content (AvgIpc) is 3.18. The van der Waals surface area contributed by atoms with Crippen molar-refractivity contribution in [1.29, 1.82) is 0 Å². The normalized spacial score (nSPS) is 14.7. The van der Waals surface area contributed by atoms with Crippen LogP contribution < -0.4 is 5.32 Å². The number of phenolic OH excluding ortho intramolecular Hbond substituents is 2. The molecule has 1 aromatic heterocycles. The van der Waals surface area contributed by atoms with Gasteiger partial charge in [-0.3, -0.25) is 0 Å². The van der Waals surface area contributed by atoms with Crippen LogP contribution in [-0.2, 0) is 13.0 Å². The van der Waals surface area contributed by atoms with Crippen molar-refractivity contribution in [3.05, 3.63) is 28.8 Å². The van der Waals surface area contributed by atoms with Gasteiger partial charge in [0.05, 0.1) is 5.69 Å². The standard InChI is InChI=1S/C15H18N2O2S/c1-2-11-14(8-16-10-4-5-10)20-15(17-11)9-3-6-12(18)13(19)7-9/h3,6-7,10,16,18-19H,2,4-5,8H2,1H3. The number of thiazole rings is 1. The molecule has 0 unspecified atom stereocenters. The molecule has 4 nitrogen and oxygen atoms in total. The molecule has 0 amide bonds. The van der Waals surface area contributed by atoms with E-state index in [9.17, 15) is 10.2 Å². The van der Waals surface area contributed by atoms with Gasteiger partial charge in [-0.25, -0.2) is 4.98 Å². The minimum absolute atomic E-state index is 0.100. The second-order valence-electron chi connectivity index (χ2n) is 5.10. The molecule has 1 saturated carbocycles. The van der Waals surface area contributed by atoms with Gasteiger partial charge in [-0.1, -0.05) is 6.92 Å². The molecule has 2 aromatic rings. The first kappa shape index (κ1) is 13.4. The molecular weight excluding hydrogens is 272 g/mol. The van der Waals surface area contributed by atoms with Crippen molar-refractivity contribution < 1.29 is 10.2 Å². The van der Waals surface area contributed by atoms with Crippen molar-refractivity contribution in [3.63, 3.8) is 0 Å². The Labute approximate surface area is 122 Å². The van der Waals surface area contributed by atoms with Crippen LogP contribution in [0.5, 0.6) is 11.5 Å². The topological polar surface area (TPSA) is 65.4 Å². The van der Waals surface area contributed by atoms with Crippen LogP contribution in [-0.4, -0.2) is 21.2 Å². The Morgan fingerprint density at radius 2 is 2.10 bits per heavy atom. The summed E-state index contributed by atoms with van der Waals surface area (Å²) in [6.45, 7) is 2.98. The largest absolute Gasteiger partial charge is 0.504 e. The monoisotopic (exact) mass is 290 g/mol. The molecule has 20 heavy (non-hydrogen) atoms. The lowest BCUT2D eigenvalue weighted by Gasteiger charge is -2.00. The van der Waals surface area contributed by atoms with Crippen molar-refractivity contribution >= 4 is 11.3 Å². The van der Waals surface area contributed by atoms with Crippen LogP contribution >= 0.6 is 11.3 Å². The molecule has 0 radical (unpaired) electrons. The van der Waals surface area contributed by atoms with Gasteiger partial charge in [-0.15, -0.1) is 11.3 Å². The van der Waals surface area contributed by atoms with Crippen molar-refractivity contribution in [2.45, 2.75) is 38.8 Å². The molecule has 0 spiro atoms. The molecule has 5 heteroatoms. The summed E-state index contributed by atoms with van der Waals surface area (Å²) in [4.78, 5) is 5.92. The highest BCUT2D eigenvalue weighted by molar-refractivity contribution is 7.15. The van der Waals surface area contributed by atoms with Gasteiger partial charge in [-0.2, -0.15) is 0 Å². The maximum atomic E-state index is 9.59. The Kier molecular flexibility index (Phi) is 3.63. The number of rotatable bonds is 5. The first-order chi connectivity index (χ1) is 9.67. The smallest absolute Gasteiger partial charge is 0.158 e. The summed E-state index contributed by atoms with van der Waals surface area (Å²) in [6.07, 6.45) is 3.46. The van der Waals surface area contributed by atoms with Crippen LogP contribution in [0.1, 0.15) is 30.3 Å². The zero-order chi connectivity index (χ0) is 14.1. The van der Waals surface area contributed by atoms with Crippen molar-refractivity contribution in [1.82, 2.24) is 10.3 Å². The third-order valence-corrected chi connectivity index (χ3v) is 4.61. The molecule has 0 atom stereocenters. The van der Waals surface area contributed by atoms with Gasteiger partial charge in [-0.05, 0) is 37.5 Å². The van der Waals surface area contributed by atoms with Crippen LogP contribution in [0.3, 0.4) is 0 Å². The van der Waals surface area contributed by atoms with Crippen molar-refractivity contribution in [2.75, 3.05) is 0 Å². The SMILES string of the molecule is CCc1nc(-c2ccc(O)c(O)c2)sc1CNC1CC1. The number of aryl methyl sites for hydroxylation is 1. The van der Waals surface area contributed by atoms with Crippen molar-refractivity contribution in [3.8, 4) is 22.1 Å². The molecule has 0 aliphatic heterocycles. The van der Waals surface area contributed by atoms with Gasteiger partial charge in [0.15, 0.2) is 11.5 Å². The number of aromatic nitrogens is 1. The molecule has 1 aromatic carbocycles. The first-order valence-electron chi connectivity index (χ1n) is 6.91. The van der Waals surface area contributed by atoms with E-state index in [-0.39, 0.29) is 11.5 Å². The second-order valence-corrected chi connectivity index (χ2v) is 6.18. The van der Waals surface area contributed by atoms with Gasteiger partial charge in [0.1, 0.15) is 5.01 Å². The van der Waals surface area contributed by atoms with E-state index in [0.717, 1.165) is 29.2 Å². The molecule has 3 N–H and O–H groups in total. The zero-order valence-electron chi connectivity index (χ0n) is 11.4. The fourth-order valence-corrected chi connectivity index (χ4v) is 3.20. The van der Waals surface area contributed by atoms with Gasteiger partial charge in [0.2, 0.25) is 0 Å². The summed E-state index contributed by atoms with van der Waals surface area (Å²) in [5.41, 5.74) is 1.96. The molecule has 1 fully saturated rings. The summed E-state index contributed by atoms with van der Waals surface area (Å²) in [7, 11) is 0. The molecule has 1 heterocycles. The fourth-order valence-electron chi connectivity index (χ4n) is 2.10. The zero-order valence-corrected chi connectivity index (χ0v) is 12.2. The Morgan fingerprint density at radius 1 is 1.30 bits per heavy atom. The fraction of sp³-hybridized carbons (Fsp3) is 0.400. The summed E-state index contributed by atoms with van der Waals surface area (Å²) in [5, 5.41) is 23.4. The number of nitrogens with one attached hydrogen (secondary N) is 1. The predicted molar refractivity (Wildman–Crippen MR) is 80.1 cm³/mol. The number of aromatic hydroxyl groups is 2. The number of hydrogen-bond acceptors (Lipinski definition) is 5. The Bertz CT molecular complexity index is 620. The molecule has 3 rings (SSSR count). The minimum Gasteiger partial charge on any atom is -0.504 e. The maximum absolute atomic E-state index is 9.59. The van der Waals surface area contributed by atoms with E-state index in [1.807, 2.05) is 0 Å². The summed E-state index contributed by atoms with van der Waals surface area (Å²) in [6, 6.07) is 5.53. The van der Waals surface area contributed by atoms with Gasteiger partial charge in [0, 0.05) is 23.0 Å². The summed E-state index contributed by atoms with van der Waals surface area (Å²) >= 11 is 1.66. The maximum Gasteiger partial charge on any atom is 0.158 e. The van der Waals surface area contributed by atoms with Crippen LogP contribution in [0.4, 0.5) is 0 Å². The molecule has 1 aliphatic rings. The molecule has 0 saturated heterocycles. The molecule has 0 bridgehead atoms. The van der Waals surface area contributed by atoms with Crippen LogP contribution in [0.2, 0.25) is 0 Å². The molecule has 1 aliphatic carbocycles. The summed E-state index contributed by atoms with van der Waals surface area (Å²) < 4.78 is 0. The highest BCUT2D eigenvalue weighted by atomic mass is 32.1. The van der Waals surface area contributed by atoms with Crippen LogP contribution in [0.25, 0.3) is 10.6 Å².